The molecule has 0 amide bonds. The minimum atomic E-state index is 0.254. The standard InChI is InChI=1S/C22H37N/c1-7-20-16-23(13-12-18(20)3)15-17(2)14-19-8-10-21(11-9-19)22(4,5)6/h8-11,17-18,20H,7,12-16H2,1-6H3. The molecule has 130 valence electrons. The molecule has 0 radical (unpaired) electrons. The summed E-state index contributed by atoms with van der Waals surface area (Å²) in [7, 11) is 0. The van der Waals surface area contributed by atoms with Crippen LogP contribution in [0.1, 0.15) is 65.5 Å². The van der Waals surface area contributed by atoms with Gasteiger partial charge in [-0.05, 0) is 53.7 Å². The molecular formula is C22H37N. The molecule has 0 saturated carbocycles. The maximum Gasteiger partial charge on any atom is 0.00122 e. The predicted octanol–water partition coefficient (Wildman–Crippen LogP) is 5.53. The number of piperidine rings is 1. The number of likely N-dealkylation sites (tertiary alicyclic amines) is 1. The van der Waals surface area contributed by atoms with Crippen LogP contribution in [0, 0.1) is 17.8 Å². The lowest BCUT2D eigenvalue weighted by molar-refractivity contribution is 0.111. The third-order valence-corrected chi connectivity index (χ3v) is 5.70. The molecule has 2 rings (SSSR count). The van der Waals surface area contributed by atoms with E-state index in [0.29, 0.717) is 0 Å². The van der Waals surface area contributed by atoms with Crippen molar-refractivity contribution in [3.05, 3.63) is 35.4 Å². The van der Waals surface area contributed by atoms with Crippen molar-refractivity contribution >= 4 is 0 Å². The van der Waals surface area contributed by atoms with Gasteiger partial charge in [0.1, 0.15) is 0 Å². The molecule has 1 nitrogen and oxygen atoms in total. The van der Waals surface area contributed by atoms with E-state index in [1.165, 1.54) is 50.0 Å². The van der Waals surface area contributed by atoms with Crippen LogP contribution >= 0.6 is 0 Å². The molecule has 0 bridgehead atoms. The first-order valence-corrected chi connectivity index (χ1v) is 9.61. The second-order valence-electron chi connectivity index (χ2n) is 8.95. The summed E-state index contributed by atoms with van der Waals surface area (Å²) >= 11 is 0. The largest absolute Gasteiger partial charge is 0.303 e. The molecule has 1 heteroatoms. The first-order chi connectivity index (χ1) is 10.8. The fourth-order valence-corrected chi connectivity index (χ4v) is 3.97. The molecule has 1 heterocycles. The van der Waals surface area contributed by atoms with Crippen LogP contribution in [0.5, 0.6) is 0 Å². The highest BCUT2D eigenvalue weighted by Crippen LogP contribution is 2.27. The van der Waals surface area contributed by atoms with E-state index >= 15 is 0 Å². The molecule has 1 aliphatic rings. The zero-order valence-corrected chi connectivity index (χ0v) is 16.2. The van der Waals surface area contributed by atoms with Crippen molar-refractivity contribution in [3.8, 4) is 0 Å². The van der Waals surface area contributed by atoms with Crippen LogP contribution in [0.25, 0.3) is 0 Å². The average molecular weight is 316 g/mol. The molecular weight excluding hydrogens is 278 g/mol. The Morgan fingerprint density at radius 1 is 1.17 bits per heavy atom. The molecule has 0 aliphatic carbocycles. The van der Waals surface area contributed by atoms with E-state index in [2.05, 4.69) is 70.7 Å². The number of hydrogen-bond donors (Lipinski definition) is 0. The van der Waals surface area contributed by atoms with Crippen molar-refractivity contribution in [2.75, 3.05) is 19.6 Å². The summed E-state index contributed by atoms with van der Waals surface area (Å²) in [5, 5.41) is 0. The fourth-order valence-electron chi connectivity index (χ4n) is 3.97. The molecule has 0 aromatic heterocycles. The van der Waals surface area contributed by atoms with E-state index in [4.69, 9.17) is 0 Å². The van der Waals surface area contributed by atoms with Gasteiger partial charge < -0.3 is 4.90 Å². The molecule has 3 atom stereocenters. The van der Waals surface area contributed by atoms with Gasteiger partial charge in [0, 0.05) is 13.1 Å². The normalized spacial score (nSPS) is 24.6. The molecule has 0 N–H and O–H groups in total. The molecule has 3 unspecified atom stereocenters. The third-order valence-electron chi connectivity index (χ3n) is 5.70. The minimum absolute atomic E-state index is 0.254. The summed E-state index contributed by atoms with van der Waals surface area (Å²) in [5.74, 6) is 2.56. The summed E-state index contributed by atoms with van der Waals surface area (Å²) < 4.78 is 0. The van der Waals surface area contributed by atoms with E-state index in [9.17, 15) is 0 Å². The van der Waals surface area contributed by atoms with Gasteiger partial charge in [-0.1, -0.05) is 72.2 Å². The van der Waals surface area contributed by atoms with Gasteiger partial charge in [-0.15, -0.1) is 0 Å². The molecule has 23 heavy (non-hydrogen) atoms. The van der Waals surface area contributed by atoms with E-state index in [1.807, 2.05) is 0 Å². The van der Waals surface area contributed by atoms with Crippen molar-refractivity contribution in [3.63, 3.8) is 0 Å². The summed E-state index contributed by atoms with van der Waals surface area (Å²) in [6.45, 7) is 17.9. The van der Waals surface area contributed by atoms with Gasteiger partial charge in [-0.25, -0.2) is 0 Å². The van der Waals surface area contributed by atoms with Crippen molar-refractivity contribution in [1.29, 1.82) is 0 Å². The third kappa shape index (κ3) is 5.35. The Labute approximate surface area is 144 Å². The second kappa shape index (κ2) is 7.83. The number of hydrogen-bond acceptors (Lipinski definition) is 1. The SMILES string of the molecule is CCC1CN(CC(C)Cc2ccc(C(C)(C)C)cc2)CCC1C. The minimum Gasteiger partial charge on any atom is -0.303 e. The van der Waals surface area contributed by atoms with Crippen molar-refractivity contribution < 1.29 is 0 Å². The Morgan fingerprint density at radius 2 is 1.83 bits per heavy atom. The van der Waals surface area contributed by atoms with Crippen molar-refractivity contribution in [1.82, 2.24) is 4.90 Å². The Morgan fingerprint density at radius 3 is 2.39 bits per heavy atom. The second-order valence-corrected chi connectivity index (χ2v) is 8.95. The highest BCUT2D eigenvalue weighted by atomic mass is 15.1. The smallest absolute Gasteiger partial charge is 0.00122 e. The molecule has 1 saturated heterocycles. The van der Waals surface area contributed by atoms with E-state index in [1.54, 1.807) is 0 Å². The van der Waals surface area contributed by atoms with Crippen LogP contribution in [0.15, 0.2) is 24.3 Å². The predicted molar refractivity (Wildman–Crippen MR) is 102 cm³/mol. The van der Waals surface area contributed by atoms with E-state index in [-0.39, 0.29) is 5.41 Å². The quantitative estimate of drug-likeness (QED) is 0.690. The maximum atomic E-state index is 2.71. The zero-order valence-electron chi connectivity index (χ0n) is 16.2. The molecule has 1 aliphatic heterocycles. The fraction of sp³-hybridized carbons (Fsp3) is 0.727. The first kappa shape index (κ1) is 18.5. The molecule has 0 spiro atoms. The van der Waals surface area contributed by atoms with Gasteiger partial charge in [-0.2, -0.15) is 0 Å². The van der Waals surface area contributed by atoms with E-state index in [0.717, 1.165) is 17.8 Å². The van der Waals surface area contributed by atoms with Gasteiger partial charge in [0.15, 0.2) is 0 Å². The Hall–Kier alpha value is -0.820. The number of benzene rings is 1. The van der Waals surface area contributed by atoms with Gasteiger partial charge >= 0.3 is 0 Å². The van der Waals surface area contributed by atoms with Gasteiger partial charge in [0.05, 0.1) is 0 Å². The van der Waals surface area contributed by atoms with Gasteiger partial charge in [0.25, 0.3) is 0 Å². The topological polar surface area (TPSA) is 3.24 Å². The van der Waals surface area contributed by atoms with Crippen LogP contribution in [0.3, 0.4) is 0 Å². The summed E-state index contributed by atoms with van der Waals surface area (Å²) in [6, 6.07) is 9.31. The highest BCUT2D eigenvalue weighted by Gasteiger charge is 2.25. The van der Waals surface area contributed by atoms with Crippen LogP contribution in [-0.4, -0.2) is 24.5 Å². The van der Waals surface area contributed by atoms with Gasteiger partial charge in [0.2, 0.25) is 0 Å². The monoisotopic (exact) mass is 315 g/mol. The lowest BCUT2D eigenvalue weighted by Crippen LogP contribution is -2.41. The lowest BCUT2D eigenvalue weighted by atomic mass is 9.84. The van der Waals surface area contributed by atoms with Crippen LogP contribution in [-0.2, 0) is 11.8 Å². The zero-order chi connectivity index (χ0) is 17.0. The van der Waals surface area contributed by atoms with E-state index < -0.39 is 0 Å². The maximum absolute atomic E-state index is 2.71. The first-order valence-electron chi connectivity index (χ1n) is 9.61. The van der Waals surface area contributed by atoms with Crippen LogP contribution in [0.4, 0.5) is 0 Å². The summed E-state index contributed by atoms with van der Waals surface area (Å²) in [6.07, 6.45) is 3.92. The molecule has 1 aromatic rings. The number of rotatable bonds is 5. The molecule has 1 fully saturated rings. The summed E-state index contributed by atoms with van der Waals surface area (Å²) in [4.78, 5) is 2.71. The van der Waals surface area contributed by atoms with Crippen molar-refractivity contribution in [2.24, 2.45) is 17.8 Å². The Bertz CT molecular complexity index is 468. The van der Waals surface area contributed by atoms with Gasteiger partial charge in [-0.3, -0.25) is 0 Å². The van der Waals surface area contributed by atoms with Crippen LogP contribution < -0.4 is 0 Å². The summed E-state index contributed by atoms with van der Waals surface area (Å²) in [5.41, 5.74) is 3.18. The van der Waals surface area contributed by atoms with Crippen LogP contribution in [0.2, 0.25) is 0 Å². The Kier molecular flexibility index (Phi) is 6.31. The lowest BCUT2D eigenvalue weighted by Gasteiger charge is -2.38. The Balaban J connectivity index is 1.86. The van der Waals surface area contributed by atoms with Crippen molar-refractivity contribution in [2.45, 2.75) is 66.2 Å². The average Bonchev–Trinajstić information content (AvgIpc) is 2.48. The number of nitrogens with zero attached hydrogens (tertiary/aromatic N) is 1. The highest BCUT2D eigenvalue weighted by molar-refractivity contribution is 5.27. The molecule has 1 aromatic carbocycles.